The molecule has 1 amide bonds. The van der Waals surface area contributed by atoms with Crippen LogP contribution in [0.5, 0.6) is 0 Å². The molecule has 1 heterocycles. The number of piperidine rings is 1. The minimum atomic E-state index is -0.851. The number of likely N-dealkylation sites (tertiary alicyclic amines) is 1. The molecule has 7 nitrogen and oxygen atoms in total. The van der Waals surface area contributed by atoms with Crippen molar-refractivity contribution in [3.8, 4) is 0 Å². The van der Waals surface area contributed by atoms with Crippen molar-refractivity contribution in [1.82, 2.24) is 10.2 Å². The average molecular weight is 340 g/mol. The molecule has 1 rings (SSSR count). The van der Waals surface area contributed by atoms with Crippen LogP contribution >= 0.6 is 24.4 Å². The van der Waals surface area contributed by atoms with Crippen molar-refractivity contribution in [1.29, 1.82) is 0 Å². The molecule has 0 aromatic carbocycles. The topological polar surface area (TPSA) is 88.1 Å². The molecule has 1 aliphatic heterocycles. The Hall–Kier alpha value is -0.860. The number of carbonyl (C=O) groups excluding carboxylic acids is 2. The number of hydrogen-bond acceptors (Lipinski definition) is 7. The van der Waals surface area contributed by atoms with E-state index < -0.39 is 16.8 Å². The van der Waals surface area contributed by atoms with Crippen molar-refractivity contribution >= 4 is 36.2 Å². The molecule has 0 aliphatic carbocycles. The van der Waals surface area contributed by atoms with Crippen molar-refractivity contribution in [2.24, 2.45) is 4.58 Å². The molecule has 0 aromatic rings. The third kappa shape index (κ3) is 5.44. The molecule has 0 saturated carbocycles. The summed E-state index contributed by atoms with van der Waals surface area (Å²) in [4.78, 5) is 36.4. The number of rotatable bonds is 6. The van der Waals surface area contributed by atoms with Crippen LogP contribution in [0.15, 0.2) is 4.58 Å². The second kappa shape index (κ2) is 9.22. The highest BCUT2D eigenvalue weighted by Crippen LogP contribution is 2.40. The van der Waals surface area contributed by atoms with Crippen LogP contribution in [0.4, 0.5) is 0 Å². The Morgan fingerprint density at radius 2 is 2.00 bits per heavy atom. The molecule has 21 heavy (non-hydrogen) atoms. The van der Waals surface area contributed by atoms with Gasteiger partial charge in [0.05, 0.1) is 11.4 Å². The molecule has 0 radical (unpaired) electrons. The number of esters is 1. The fourth-order valence-electron chi connectivity index (χ4n) is 2.34. The fraction of sp³-hybridized carbons (Fsp3) is 0.833. The van der Waals surface area contributed by atoms with Crippen molar-refractivity contribution < 1.29 is 14.3 Å². The number of nitrogens with zero attached hydrogens (tertiary/aromatic N) is 2. The van der Waals surface area contributed by atoms with Crippen LogP contribution in [0, 0.1) is 4.91 Å². The first-order valence-electron chi connectivity index (χ1n) is 6.58. The lowest BCUT2D eigenvalue weighted by atomic mass is 9.88. The highest BCUT2D eigenvalue weighted by atomic mass is 35.5. The van der Waals surface area contributed by atoms with Crippen LogP contribution in [0.1, 0.15) is 26.7 Å². The molecule has 1 unspecified atom stereocenters. The molecule has 0 bridgehead atoms. The number of halogens is 1. The van der Waals surface area contributed by atoms with Crippen molar-refractivity contribution in [3.63, 3.8) is 0 Å². The van der Waals surface area contributed by atoms with Crippen LogP contribution in [0.2, 0.25) is 0 Å². The number of nitrogens with one attached hydrogen (secondary N) is 1. The Kier molecular flexibility index (Phi) is 8.84. The van der Waals surface area contributed by atoms with Crippen LogP contribution in [0.3, 0.4) is 0 Å². The van der Waals surface area contributed by atoms with E-state index >= 15 is 0 Å². The van der Waals surface area contributed by atoms with E-state index in [1.807, 2.05) is 7.05 Å². The summed E-state index contributed by atoms with van der Waals surface area (Å²) in [6.45, 7) is 4.74. The molecule has 1 fully saturated rings. The number of nitroso groups, excluding NO2 is 1. The molecule has 1 N–H and O–H groups in total. The fourth-order valence-corrected chi connectivity index (χ4v) is 3.11. The summed E-state index contributed by atoms with van der Waals surface area (Å²) in [5.41, 5.74) is 0. The molecular formula is C12H22ClN3O4S. The van der Waals surface area contributed by atoms with E-state index in [2.05, 4.69) is 14.8 Å². The van der Waals surface area contributed by atoms with Crippen LogP contribution in [-0.2, 0) is 14.3 Å². The maximum atomic E-state index is 12.1. The standard InChI is InChI=1S/C12H21N3O4S.ClH/c1-4-19-11(17)10(13-9(2)16)12(20-14-18)5-7-15(3)8-6-12;/h10H,4-8H2,1-3H3,(H,13,16);1H. The Morgan fingerprint density at radius 3 is 2.43 bits per heavy atom. The molecule has 0 spiro atoms. The van der Waals surface area contributed by atoms with Gasteiger partial charge < -0.3 is 15.0 Å². The predicted octanol–water partition coefficient (Wildman–Crippen LogP) is 1.35. The highest BCUT2D eigenvalue weighted by molar-refractivity contribution is 7.99. The second-order valence-electron chi connectivity index (χ2n) is 4.92. The zero-order chi connectivity index (χ0) is 15.2. The zero-order valence-corrected chi connectivity index (χ0v) is 14.1. The molecule has 122 valence electrons. The number of amides is 1. The lowest BCUT2D eigenvalue weighted by molar-refractivity contribution is -0.148. The van der Waals surface area contributed by atoms with Gasteiger partial charge in [-0.05, 0) is 39.9 Å². The van der Waals surface area contributed by atoms with Gasteiger partial charge in [0.15, 0.2) is 0 Å². The first-order chi connectivity index (χ1) is 9.45. The van der Waals surface area contributed by atoms with E-state index in [0.29, 0.717) is 12.8 Å². The Morgan fingerprint density at radius 1 is 1.43 bits per heavy atom. The summed E-state index contributed by atoms with van der Waals surface area (Å²) in [5, 5.41) is 2.62. The van der Waals surface area contributed by atoms with E-state index in [0.717, 1.165) is 25.0 Å². The Bertz CT molecular complexity index is 376. The van der Waals surface area contributed by atoms with Crippen LogP contribution < -0.4 is 5.32 Å². The average Bonchev–Trinajstić information content (AvgIpc) is 2.39. The largest absolute Gasteiger partial charge is 0.464 e. The van der Waals surface area contributed by atoms with Gasteiger partial charge in [-0.3, -0.25) is 4.79 Å². The molecule has 1 aliphatic rings. The minimum Gasteiger partial charge on any atom is -0.464 e. The maximum Gasteiger partial charge on any atom is 0.330 e. The molecule has 1 saturated heterocycles. The van der Waals surface area contributed by atoms with Gasteiger partial charge >= 0.3 is 5.97 Å². The van der Waals surface area contributed by atoms with Gasteiger partial charge in [0, 0.05) is 23.5 Å². The van der Waals surface area contributed by atoms with Gasteiger partial charge in [-0.15, -0.1) is 17.3 Å². The predicted molar refractivity (Wildman–Crippen MR) is 84.3 cm³/mol. The summed E-state index contributed by atoms with van der Waals surface area (Å²) in [6, 6.07) is -0.851. The van der Waals surface area contributed by atoms with Gasteiger partial charge in [-0.1, -0.05) is 0 Å². The van der Waals surface area contributed by atoms with Gasteiger partial charge in [0.1, 0.15) is 6.04 Å². The second-order valence-corrected chi connectivity index (χ2v) is 6.06. The quantitative estimate of drug-likeness (QED) is 0.446. The first-order valence-corrected chi connectivity index (χ1v) is 7.35. The normalized spacial score (nSPS) is 19.0. The first kappa shape index (κ1) is 20.1. The highest BCUT2D eigenvalue weighted by Gasteiger charge is 2.47. The van der Waals surface area contributed by atoms with E-state index in [4.69, 9.17) is 4.74 Å². The van der Waals surface area contributed by atoms with E-state index in [1.54, 1.807) is 6.92 Å². The number of carbonyl (C=O) groups is 2. The van der Waals surface area contributed by atoms with Gasteiger partial charge in [0.25, 0.3) is 0 Å². The third-order valence-electron chi connectivity index (χ3n) is 3.45. The Labute approximate surface area is 135 Å². The molecular weight excluding hydrogens is 318 g/mol. The SMILES string of the molecule is CCOC(=O)C(NC(C)=O)C1(SN=O)CCN(C)CC1.Cl. The van der Waals surface area contributed by atoms with Crippen molar-refractivity contribution in [2.45, 2.75) is 37.5 Å². The zero-order valence-electron chi connectivity index (χ0n) is 12.5. The monoisotopic (exact) mass is 339 g/mol. The van der Waals surface area contributed by atoms with E-state index in [1.165, 1.54) is 6.92 Å². The smallest absolute Gasteiger partial charge is 0.330 e. The molecule has 0 aromatic heterocycles. The van der Waals surface area contributed by atoms with Crippen LogP contribution in [-0.4, -0.2) is 54.3 Å². The van der Waals surface area contributed by atoms with Crippen molar-refractivity contribution in [3.05, 3.63) is 4.91 Å². The lowest BCUT2D eigenvalue weighted by Crippen LogP contribution is -2.58. The maximum absolute atomic E-state index is 12.1. The number of hydrogen-bond donors (Lipinski definition) is 1. The summed E-state index contributed by atoms with van der Waals surface area (Å²) in [5.74, 6) is -0.837. The Balaban J connectivity index is 0.00000400. The number of ether oxygens (including phenoxy) is 1. The van der Waals surface area contributed by atoms with Crippen molar-refractivity contribution in [2.75, 3.05) is 26.7 Å². The molecule has 1 atom stereocenters. The van der Waals surface area contributed by atoms with Gasteiger partial charge in [-0.2, -0.15) is 0 Å². The van der Waals surface area contributed by atoms with E-state index in [9.17, 15) is 14.5 Å². The van der Waals surface area contributed by atoms with E-state index in [-0.39, 0.29) is 24.9 Å². The lowest BCUT2D eigenvalue weighted by Gasteiger charge is -2.41. The van der Waals surface area contributed by atoms with Gasteiger partial charge in [-0.25, -0.2) is 4.79 Å². The van der Waals surface area contributed by atoms with Crippen LogP contribution in [0.25, 0.3) is 0 Å². The third-order valence-corrected chi connectivity index (χ3v) is 4.53. The summed E-state index contributed by atoms with van der Waals surface area (Å²) in [7, 11) is 1.97. The van der Waals surface area contributed by atoms with Gasteiger partial charge in [0.2, 0.25) is 5.91 Å². The summed E-state index contributed by atoms with van der Waals surface area (Å²) in [6.07, 6.45) is 1.17. The minimum absolute atomic E-state index is 0. The summed E-state index contributed by atoms with van der Waals surface area (Å²) < 4.78 is 7.22. The summed E-state index contributed by atoms with van der Waals surface area (Å²) >= 11 is 0.833. The molecule has 9 heteroatoms.